The second kappa shape index (κ2) is 6.85. The fraction of sp³-hybridized carbons (Fsp3) is 0.400. The number of rotatable bonds is 2. The van der Waals surface area contributed by atoms with Crippen LogP contribution in [0.4, 0.5) is 5.69 Å². The predicted molar refractivity (Wildman–Crippen MR) is 102 cm³/mol. The Balaban J connectivity index is 1.54. The van der Waals surface area contributed by atoms with Gasteiger partial charge in [0.25, 0.3) is 11.8 Å². The number of aryl methyl sites for hydroxylation is 1. The molecular formula is C20H22N2O3S. The lowest BCUT2D eigenvalue weighted by Crippen LogP contribution is -2.62. The zero-order valence-corrected chi connectivity index (χ0v) is 15.6. The first-order valence-electron chi connectivity index (χ1n) is 8.91. The standard InChI is InChI=1S/C20H22N2O3S/c1-15-8-9-17(26-15)19(24)21-11-5-10-20(13-21)14-22(18(23)12-25-20)16-6-3-2-4-7-16/h2-4,6-9H,5,10-14H2,1H3. The fourth-order valence-corrected chi connectivity index (χ4v) is 4.62. The highest BCUT2D eigenvalue weighted by Crippen LogP contribution is 2.32. The lowest BCUT2D eigenvalue weighted by molar-refractivity contribution is -0.144. The summed E-state index contributed by atoms with van der Waals surface area (Å²) in [5.41, 5.74) is 0.404. The van der Waals surface area contributed by atoms with Crippen molar-refractivity contribution in [3.8, 4) is 0 Å². The molecule has 0 N–H and O–H groups in total. The van der Waals surface area contributed by atoms with Gasteiger partial charge in [-0.15, -0.1) is 11.3 Å². The zero-order chi connectivity index (χ0) is 18.1. The highest BCUT2D eigenvalue weighted by Gasteiger charge is 2.44. The Morgan fingerprint density at radius 1 is 1.15 bits per heavy atom. The molecular weight excluding hydrogens is 348 g/mol. The molecule has 0 radical (unpaired) electrons. The van der Waals surface area contributed by atoms with Gasteiger partial charge in [-0.25, -0.2) is 0 Å². The topological polar surface area (TPSA) is 49.9 Å². The number of carbonyl (C=O) groups excluding carboxylic acids is 2. The average molecular weight is 370 g/mol. The summed E-state index contributed by atoms with van der Waals surface area (Å²) < 4.78 is 6.01. The van der Waals surface area contributed by atoms with Gasteiger partial charge in [-0.05, 0) is 44.0 Å². The molecule has 0 saturated carbocycles. The van der Waals surface area contributed by atoms with Crippen LogP contribution in [-0.2, 0) is 9.53 Å². The van der Waals surface area contributed by atoms with Crippen molar-refractivity contribution >= 4 is 28.8 Å². The van der Waals surface area contributed by atoms with Gasteiger partial charge in [0.15, 0.2) is 0 Å². The van der Waals surface area contributed by atoms with E-state index in [0.29, 0.717) is 13.1 Å². The van der Waals surface area contributed by atoms with Crippen molar-refractivity contribution in [2.45, 2.75) is 25.4 Å². The molecule has 4 rings (SSSR count). The van der Waals surface area contributed by atoms with Crippen molar-refractivity contribution in [2.24, 2.45) is 0 Å². The van der Waals surface area contributed by atoms with E-state index in [9.17, 15) is 9.59 Å². The number of ether oxygens (including phenoxy) is 1. The summed E-state index contributed by atoms with van der Waals surface area (Å²) in [4.78, 5) is 30.8. The maximum absolute atomic E-state index is 12.9. The first-order valence-corrected chi connectivity index (χ1v) is 9.73. The molecule has 2 aromatic rings. The third-order valence-corrected chi connectivity index (χ3v) is 6.08. The predicted octanol–water partition coefficient (Wildman–Crippen LogP) is 3.09. The van der Waals surface area contributed by atoms with Crippen LogP contribution in [0.5, 0.6) is 0 Å². The number of morpholine rings is 1. The summed E-state index contributed by atoms with van der Waals surface area (Å²) in [5.74, 6) is 0.0353. The van der Waals surface area contributed by atoms with Crippen molar-refractivity contribution < 1.29 is 14.3 Å². The number of piperidine rings is 1. The molecule has 1 aromatic heterocycles. The number of anilines is 1. The maximum atomic E-state index is 12.9. The lowest BCUT2D eigenvalue weighted by Gasteiger charge is -2.47. The Bertz CT molecular complexity index is 819. The normalized spacial score (nSPS) is 23.5. The molecule has 6 heteroatoms. The molecule has 26 heavy (non-hydrogen) atoms. The first kappa shape index (κ1) is 17.2. The van der Waals surface area contributed by atoms with Crippen LogP contribution in [0.1, 0.15) is 27.4 Å². The average Bonchev–Trinajstić information content (AvgIpc) is 3.10. The molecule has 2 amide bonds. The van der Waals surface area contributed by atoms with Gasteiger partial charge in [-0.2, -0.15) is 0 Å². The Morgan fingerprint density at radius 2 is 1.96 bits per heavy atom. The Hall–Kier alpha value is -2.18. The molecule has 0 bridgehead atoms. The van der Waals surface area contributed by atoms with E-state index < -0.39 is 5.60 Å². The number of amides is 2. The van der Waals surface area contributed by atoms with Gasteiger partial charge >= 0.3 is 0 Å². The van der Waals surface area contributed by atoms with Crippen molar-refractivity contribution in [3.63, 3.8) is 0 Å². The summed E-state index contributed by atoms with van der Waals surface area (Å²) in [6.07, 6.45) is 1.74. The van der Waals surface area contributed by atoms with Gasteiger partial charge in [-0.1, -0.05) is 18.2 Å². The lowest BCUT2D eigenvalue weighted by atomic mass is 9.90. The van der Waals surface area contributed by atoms with E-state index in [4.69, 9.17) is 4.74 Å². The summed E-state index contributed by atoms with van der Waals surface area (Å²) in [6.45, 7) is 3.82. The minimum atomic E-state index is -0.482. The van der Waals surface area contributed by atoms with Crippen LogP contribution in [0.3, 0.4) is 0 Å². The number of thiophene rings is 1. The molecule has 2 fully saturated rings. The maximum Gasteiger partial charge on any atom is 0.264 e. The number of carbonyl (C=O) groups is 2. The third-order valence-electron chi connectivity index (χ3n) is 5.09. The minimum Gasteiger partial charge on any atom is -0.361 e. The molecule has 1 unspecified atom stereocenters. The van der Waals surface area contributed by atoms with Crippen LogP contribution in [0, 0.1) is 6.92 Å². The van der Waals surface area contributed by atoms with Crippen molar-refractivity contribution in [2.75, 3.05) is 31.1 Å². The smallest absolute Gasteiger partial charge is 0.264 e. The van der Waals surface area contributed by atoms with Crippen LogP contribution < -0.4 is 4.90 Å². The molecule has 1 aromatic carbocycles. The summed E-state index contributed by atoms with van der Waals surface area (Å²) in [6, 6.07) is 13.6. The largest absolute Gasteiger partial charge is 0.361 e. The minimum absolute atomic E-state index is 0.0286. The van der Waals surface area contributed by atoms with Gasteiger partial charge in [0.05, 0.1) is 18.0 Å². The van der Waals surface area contributed by atoms with Gasteiger partial charge < -0.3 is 14.5 Å². The Morgan fingerprint density at radius 3 is 2.69 bits per heavy atom. The summed E-state index contributed by atoms with van der Waals surface area (Å²) >= 11 is 1.53. The second-order valence-corrected chi connectivity index (χ2v) is 8.32. The van der Waals surface area contributed by atoms with Gasteiger partial charge in [0.1, 0.15) is 12.2 Å². The Labute approximate surface area is 157 Å². The molecule has 5 nitrogen and oxygen atoms in total. The van der Waals surface area contributed by atoms with E-state index in [1.165, 1.54) is 11.3 Å². The van der Waals surface area contributed by atoms with E-state index in [1.54, 1.807) is 4.90 Å². The van der Waals surface area contributed by atoms with Gasteiger partial charge in [0, 0.05) is 17.1 Å². The van der Waals surface area contributed by atoms with E-state index in [0.717, 1.165) is 34.8 Å². The van der Waals surface area contributed by atoms with Crippen molar-refractivity contribution in [1.82, 2.24) is 4.90 Å². The third kappa shape index (κ3) is 3.27. The number of para-hydroxylation sites is 1. The number of likely N-dealkylation sites (tertiary alicyclic amines) is 1. The van der Waals surface area contributed by atoms with Crippen LogP contribution in [-0.4, -0.2) is 48.6 Å². The Kier molecular flexibility index (Phi) is 4.54. The molecule has 3 heterocycles. The first-order chi connectivity index (χ1) is 12.6. The van der Waals surface area contributed by atoms with Crippen LogP contribution in [0.25, 0.3) is 0 Å². The highest BCUT2D eigenvalue weighted by molar-refractivity contribution is 7.13. The molecule has 136 valence electrons. The molecule has 2 aliphatic heterocycles. The zero-order valence-electron chi connectivity index (χ0n) is 14.8. The van der Waals surface area contributed by atoms with E-state index in [-0.39, 0.29) is 18.4 Å². The number of hydrogen-bond donors (Lipinski definition) is 0. The highest BCUT2D eigenvalue weighted by atomic mass is 32.1. The SMILES string of the molecule is Cc1ccc(C(=O)N2CCCC3(C2)CN(c2ccccc2)C(=O)CO3)s1. The van der Waals surface area contributed by atoms with Gasteiger partial charge in [-0.3, -0.25) is 9.59 Å². The fourth-order valence-electron chi connectivity index (χ4n) is 3.78. The van der Waals surface area contributed by atoms with Gasteiger partial charge in [0.2, 0.25) is 0 Å². The molecule has 2 saturated heterocycles. The van der Waals surface area contributed by atoms with Crippen molar-refractivity contribution in [3.05, 3.63) is 52.2 Å². The molecule has 0 aliphatic carbocycles. The number of hydrogen-bond acceptors (Lipinski definition) is 4. The molecule has 1 spiro atoms. The monoisotopic (exact) mass is 370 g/mol. The summed E-state index contributed by atoms with van der Waals surface area (Å²) in [5, 5.41) is 0. The van der Waals surface area contributed by atoms with Crippen molar-refractivity contribution in [1.29, 1.82) is 0 Å². The van der Waals surface area contributed by atoms with E-state index in [2.05, 4.69) is 0 Å². The number of nitrogens with zero attached hydrogens (tertiary/aromatic N) is 2. The summed E-state index contributed by atoms with van der Waals surface area (Å²) in [7, 11) is 0. The van der Waals surface area contributed by atoms with Crippen LogP contribution in [0.15, 0.2) is 42.5 Å². The van der Waals surface area contributed by atoms with E-state index in [1.807, 2.05) is 54.3 Å². The number of benzene rings is 1. The molecule has 2 aliphatic rings. The molecule has 1 atom stereocenters. The van der Waals surface area contributed by atoms with Crippen LogP contribution >= 0.6 is 11.3 Å². The van der Waals surface area contributed by atoms with E-state index >= 15 is 0 Å². The van der Waals surface area contributed by atoms with Crippen LogP contribution in [0.2, 0.25) is 0 Å². The quantitative estimate of drug-likeness (QED) is 0.816. The second-order valence-electron chi connectivity index (χ2n) is 7.03.